The van der Waals surface area contributed by atoms with Crippen LogP contribution in [0.3, 0.4) is 0 Å². The van der Waals surface area contributed by atoms with E-state index in [1.807, 2.05) is 42.5 Å². The average molecular weight is 632 g/mol. The van der Waals surface area contributed by atoms with E-state index in [9.17, 15) is 13.2 Å². The molecule has 3 aromatic carbocycles. The minimum absolute atomic E-state index is 0.123. The summed E-state index contributed by atoms with van der Waals surface area (Å²) in [5.74, 6) is -0.413. The summed E-state index contributed by atoms with van der Waals surface area (Å²) < 4.78 is 30.2. The zero-order valence-corrected chi connectivity index (χ0v) is 20.3. The Bertz CT molecular complexity index is 1070. The maximum Gasteiger partial charge on any atom is 0.242 e. The van der Waals surface area contributed by atoms with E-state index in [0.717, 1.165) is 12.7 Å². The Labute approximate surface area is 197 Å². The Morgan fingerprint density at radius 1 is 0.828 bits per heavy atom. The molecule has 0 aromatic heterocycles. The fraction of sp³-hybridized carbons (Fsp3) is 0.0952. The molecule has 0 aliphatic carbocycles. The Hall–Kier alpha value is -1.50. The Morgan fingerprint density at radius 3 is 1.97 bits per heavy atom. The molecule has 5 nitrogen and oxygen atoms in total. The molecule has 0 aliphatic heterocycles. The molecule has 0 aliphatic rings. The summed E-state index contributed by atoms with van der Waals surface area (Å²) >= 11 is 4.29. The van der Waals surface area contributed by atoms with Crippen LogP contribution >= 0.6 is 45.2 Å². The van der Waals surface area contributed by atoms with Crippen molar-refractivity contribution < 1.29 is 13.2 Å². The Balaban J connectivity index is 1.84. The van der Waals surface area contributed by atoms with Crippen molar-refractivity contribution in [1.82, 2.24) is 4.72 Å². The zero-order valence-electron chi connectivity index (χ0n) is 15.2. The summed E-state index contributed by atoms with van der Waals surface area (Å²) in [5.41, 5.74) is 1.47. The summed E-state index contributed by atoms with van der Waals surface area (Å²) in [6.45, 7) is 0. The SMILES string of the molecule is O=C(Nc1ccc(I)cc1)[C@H](Cc1ccccc1)NS(=O)(=O)c1ccc(I)cc1. The minimum Gasteiger partial charge on any atom is -0.325 e. The topological polar surface area (TPSA) is 75.3 Å². The third kappa shape index (κ3) is 6.49. The molecule has 3 rings (SSSR count). The van der Waals surface area contributed by atoms with E-state index in [0.29, 0.717) is 5.69 Å². The van der Waals surface area contributed by atoms with Crippen molar-refractivity contribution in [3.8, 4) is 0 Å². The van der Waals surface area contributed by atoms with E-state index < -0.39 is 22.0 Å². The highest BCUT2D eigenvalue weighted by Gasteiger charge is 2.26. The van der Waals surface area contributed by atoms with E-state index in [-0.39, 0.29) is 11.3 Å². The number of hydrogen-bond acceptors (Lipinski definition) is 3. The zero-order chi connectivity index (χ0) is 20.9. The number of rotatable bonds is 7. The largest absolute Gasteiger partial charge is 0.325 e. The molecule has 1 atom stereocenters. The molecule has 8 heteroatoms. The van der Waals surface area contributed by atoms with Crippen molar-refractivity contribution in [3.63, 3.8) is 0 Å². The van der Waals surface area contributed by atoms with Crippen LogP contribution in [-0.2, 0) is 21.2 Å². The van der Waals surface area contributed by atoms with Gasteiger partial charge in [-0.05, 0) is 106 Å². The monoisotopic (exact) mass is 632 g/mol. The lowest BCUT2D eigenvalue weighted by Gasteiger charge is -2.19. The van der Waals surface area contributed by atoms with Crippen LogP contribution in [0.25, 0.3) is 0 Å². The molecule has 0 radical (unpaired) electrons. The normalized spacial score (nSPS) is 12.3. The van der Waals surface area contributed by atoms with Crippen molar-refractivity contribution in [2.24, 2.45) is 0 Å². The summed E-state index contributed by atoms with van der Waals surface area (Å²) in [6.07, 6.45) is 0.237. The average Bonchev–Trinajstić information content (AvgIpc) is 2.70. The van der Waals surface area contributed by atoms with E-state index >= 15 is 0 Å². The van der Waals surface area contributed by atoms with Gasteiger partial charge in [0.15, 0.2) is 0 Å². The second-order valence-corrected chi connectivity index (χ2v) is 10.5. The van der Waals surface area contributed by atoms with E-state index in [2.05, 4.69) is 55.2 Å². The maximum absolute atomic E-state index is 12.9. The van der Waals surface area contributed by atoms with Crippen molar-refractivity contribution >= 4 is 66.8 Å². The quantitative estimate of drug-likeness (QED) is 0.379. The summed E-state index contributed by atoms with van der Waals surface area (Å²) in [4.78, 5) is 13.0. The first kappa shape index (κ1) is 22.2. The third-order valence-corrected chi connectivity index (χ3v) is 7.06. The van der Waals surface area contributed by atoms with Gasteiger partial charge < -0.3 is 5.32 Å². The Kier molecular flexibility index (Phi) is 7.66. The van der Waals surface area contributed by atoms with E-state index in [1.165, 1.54) is 12.1 Å². The van der Waals surface area contributed by atoms with Crippen LogP contribution in [0.5, 0.6) is 0 Å². The number of carbonyl (C=O) groups excluding carboxylic acids is 1. The third-order valence-electron chi connectivity index (χ3n) is 4.13. The molecule has 0 saturated heterocycles. The summed E-state index contributed by atoms with van der Waals surface area (Å²) in [6, 6.07) is 22.2. The van der Waals surface area contributed by atoms with Gasteiger partial charge in [0.1, 0.15) is 6.04 Å². The molecular formula is C21H18I2N2O3S. The molecule has 150 valence electrons. The molecule has 3 aromatic rings. The molecule has 0 fully saturated rings. The van der Waals surface area contributed by atoms with Crippen LogP contribution in [0.1, 0.15) is 5.56 Å². The van der Waals surface area contributed by atoms with Crippen LogP contribution in [0.2, 0.25) is 0 Å². The van der Waals surface area contributed by atoms with Gasteiger partial charge in [0, 0.05) is 12.8 Å². The molecule has 0 bridgehead atoms. The first-order valence-electron chi connectivity index (χ1n) is 8.72. The number of halogens is 2. The van der Waals surface area contributed by atoms with E-state index in [1.54, 1.807) is 24.3 Å². The first-order valence-corrected chi connectivity index (χ1v) is 12.4. The van der Waals surface area contributed by atoms with Crippen LogP contribution in [-0.4, -0.2) is 20.4 Å². The van der Waals surface area contributed by atoms with Gasteiger partial charge in [-0.1, -0.05) is 30.3 Å². The molecule has 29 heavy (non-hydrogen) atoms. The maximum atomic E-state index is 12.9. The first-order chi connectivity index (χ1) is 13.8. The fourth-order valence-corrected chi connectivity index (χ4v) is 4.58. The molecule has 0 saturated carbocycles. The fourth-order valence-electron chi connectivity index (χ4n) is 2.67. The molecule has 2 N–H and O–H groups in total. The number of sulfonamides is 1. The highest BCUT2D eigenvalue weighted by molar-refractivity contribution is 14.1. The smallest absolute Gasteiger partial charge is 0.242 e. The van der Waals surface area contributed by atoms with Crippen LogP contribution in [0.15, 0.2) is 83.8 Å². The predicted molar refractivity (Wildman–Crippen MR) is 131 cm³/mol. The summed E-state index contributed by atoms with van der Waals surface area (Å²) in [5, 5.41) is 2.80. The van der Waals surface area contributed by atoms with Gasteiger partial charge in [-0.2, -0.15) is 4.72 Å². The van der Waals surface area contributed by atoms with Crippen molar-refractivity contribution in [2.75, 3.05) is 5.32 Å². The molecular weight excluding hydrogens is 614 g/mol. The number of amides is 1. The lowest BCUT2D eigenvalue weighted by atomic mass is 10.1. The minimum atomic E-state index is -3.86. The lowest BCUT2D eigenvalue weighted by molar-refractivity contribution is -0.117. The van der Waals surface area contributed by atoms with Crippen molar-refractivity contribution in [3.05, 3.63) is 91.6 Å². The van der Waals surface area contributed by atoms with Crippen LogP contribution in [0.4, 0.5) is 5.69 Å². The number of anilines is 1. The molecule has 0 unspecified atom stereocenters. The van der Waals surface area contributed by atoms with Gasteiger partial charge >= 0.3 is 0 Å². The van der Waals surface area contributed by atoms with Crippen molar-refractivity contribution in [2.45, 2.75) is 17.4 Å². The highest BCUT2D eigenvalue weighted by Crippen LogP contribution is 2.16. The second kappa shape index (κ2) is 10.0. The number of carbonyl (C=O) groups is 1. The second-order valence-electron chi connectivity index (χ2n) is 6.31. The van der Waals surface area contributed by atoms with Gasteiger partial charge in [-0.25, -0.2) is 8.42 Å². The predicted octanol–water partition coefficient (Wildman–Crippen LogP) is 4.42. The Morgan fingerprint density at radius 2 is 1.38 bits per heavy atom. The van der Waals surface area contributed by atoms with Gasteiger partial charge in [-0.3, -0.25) is 4.79 Å². The molecule has 0 spiro atoms. The van der Waals surface area contributed by atoms with Crippen LogP contribution < -0.4 is 10.0 Å². The number of hydrogen-bond donors (Lipinski definition) is 2. The highest BCUT2D eigenvalue weighted by atomic mass is 127. The summed E-state index contributed by atoms with van der Waals surface area (Å²) in [7, 11) is -3.86. The van der Waals surface area contributed by atoms with Gasteiger partial charge in [0.05, 0.1) is 4.90 Å². The van der Waals surface area contributed by atoms with E-state index in [4.69, 9.17) is 0 Å². The number of nitrogens with one attached hydrogen (secondary N) is 2. The number of benzene rings is 3. The molecule has 1 amide bonds. The van der Waals surface area contributed by atoms with Gasteiger partial charge in [-0.15, -0.1) is 0 Å². The lowest BCUT2D eigenvalue weighted by Crippen LogP contribution is -2.45. The van der Waals surface area contributed by atoms with Gasteiger partial charge in [0.25, 0.3) is 0 Å². The standard InChI is InChI=1S/C21H18I2N2O3S/c22-16-6-10-18(11-7-16)24-21(26)20(14-15-4-2-1-3-5-15)25-29(27,28)19-12-8-17(23)9-13-19/h1-13,20,25H,14H2,(H,24,26)/t20-/m0/s1. The molecule has 0 heterocycles. The van der Waals surface area contributed by atoms with Crippen LogP contribution in [0, 0.1) is 7.14 Å². The van der Waals surface area contributed by atoms with Crippen molar-refractivity contribution in [1.29, 1.82) is 0 Å². The van der Waals surface area contributed by atoms with Gasteiger partial charge in [0.2, 0.25) is 15.9 Å².